The van der Waals surface area contributed by atoms with Gasteiger partial charge in [-0.05, 0) is 92.9 Å². The largest absolute Gasteiger partial charge is 0.493 e. The predicted octanol–water partition coefficient (Wildman–Crippen LogP) is 6.10. The molecule has 2 fully saturated rings. The zero-order chi connectivity index (χ0) is 24.7. The quantitative estimate of drug-likeness (QED) is 0.380. The zero-order valence-electron chi connectivity index (χ0n) is 22.0. The van der Waals surface area contributed by atoms with Crippen molar-refractivity contribution in [3.63, 3.8) is 0 Å². The normalized spacial score (nSPS) is 24.8. The van der Waals surface area contributed by atoms with Crippen LogP contribution in [-0.2, 0) is 0 Å². The summed E-state index contributed by atoms with van der Waals surface area (Å²) in [6, 6.07) is 17.4. The number of piperidine rings is 1. The molecule has 1 aromatic heterocycles. The van der Waals surface area contributed by atoms with Crippen molar-refractivity contribution in [1.82, 2.24) is 20.2 Å². The number of aromatic nitrogens is 2. The molecule has 2 aromatic carbocycles. The lowest BCUT2D eigenvalue weighted by molar-refractivity contribution is -0.00917. The standard InChI is InChI=1S/C31H40N4O/c1-31(2)23-12-11-21(26(31)20-23)15-18-36-25-8-6-7-22(19-25)29(32-24-13-16-35(3)17-14-24)30-33-27-9-4-5-10-28(27)34-30/h4-11,19,23-24,26,29,32H,12-18,20H2,1-3H3,(H,33,34). The molecule has 4 aliphatic rings. The zero-order valence-corrected chi connectivity index (χ0v) is 22.0. The molecule has 36 heavy (non-hydrogen) atoms. The van der Waals surface area contributed by atoms with Gasteiger partial charge in [0, 0.05) is 12.5 Å². The number of fused-ring (bicyclic) bond motifs is 2. The number of nitrogens with one attached hydrogen (secondary N) is 2. The van der Waals surface area contributed by atoms with Crippen molar-refractivity contribution in [3.8, 4) is 5.75 Å². The summed E-state index contributed by atoms with van der Waals surface area (Å²) >= 11 is 0. The van der Waals surface area contributed by atoms with Crippen molar-refractivity contribution in [2.75, 3.05) is 26.7 Å². The fraction of sp³-hybridized carbons (Fsp3) is 0.516. The predicted molar refractivity (Wildman–Crippen MR) is 146 cm³/mol. The van der Waals surface area contributed by atoms with Crippen LogP contribution in [0.25, 0.3) is 11.0 Å². The van der Waals surface area contributed by atoms with Crippen molar-refractivity contribution in [1.29, 1.82) is 0 Å². The van der Waals surface area contributed by atoms with Crippen LogP contribution in [0.3, 0.4) is 0 Å². The first kappa shape index (κ1) is 23.7. The maximum Gasteiger partial charge on any atom is 0.129 e. The molecule has 0 amide bonds. The first-order valence-electron chi connectivity index (χ1n) is 13.8. The van der Waals surface area contributed by atoms with Crippen LogP contribution in [0.4, 0.5) is 0 Å². The number of para-hydroxylation sites is 2. The van der Waals surface area contributed by atoms with Gasteiger partial charge in [0.1, 0.15) is 11.6 Å². The van der Waals surface area contributed by atoms with E-state index in [1.807, 2.05) is 6.07 Å². The number of rotatable bonds is 8. The molecule has 190 valence electrons. The summed E-state index contributed by atoms with van der Waals surface area (Å²) in [5.74, 6) is 3.56. The van der Waals surface area contributed by atoms with Gasteiger partial charge in [0.15, 0.2) is 0 Å². The third kappa shape index (κ3) is 4.59. The Labute approximate surface area is 215 Å². The van der Waals surface area contributed by atoms with Gasteiger partial charge in [-0.2, -0.15) is 0 Å². The van der Waals surface area contributed by atoms with Gasteiger partial charge >= 0.3 is 0 Å². The number of ether oxygens (including phenoxy) is 1. The summed E-state index contributed by atoms with van der Waals surface area (Å²) in [6.45, 7) is 7.88. The average Bonchev–Trinajstić information content (AvgIpc) is 3.32. The summed E-state index contributed by atoms with van der Waals surface area (Å²) in [4.78, 5) is 11.0. The van der Waals surface area contributed by atoms with Gasteiger partial charge in [-0.15, -0.1) is 0 Å². The summed E-state index contributed by atoms with van der Waals surface area (Å²) in [7, 11) is 2.21. The van der Waals surface area contributed by atoms with E-state index in [1.54, 1.807) is 5.57 Å². The third-order valence-electron chi connectivity index (χ3n) is 9.24. The van der Waals surface area contributed by atoms with Crippen LogP contribution in [0.1, 0.15) is 63.4 Å². The van der Waals surface area contributed by atoms with E-state index in [-0.39, 0.29) is 6.04 Å². The highest BCUT2D eigenvalue weighted by Crippen LogP contribution is 2.59. The summed E-state index contributed by atoms with van der Waals surface area (Å²) in [5, 5.41) is 3.94. The fourth-order valence-electron chi connectivity index (χ4n) is 6.68. The molecular weight excluding hydrogens is 444 g/mol. The molecule has 7 rings (SSSR count). The van der Waals surface area contributed by atoms with Crippen molar-refractivity contribution in [2.45, 2.75) is 58.0 Å². The topological polar surface area (TPSA) is 53.2 Å². The number of hydrogen-bond donors (Lipinski definition) is 2. The second-order valence-electron chi connectivity index (χ2n) is 11.8. The molecule has 3 unspecified atom stereocenters. The molecule has 0 spiro atoms. The van der Waals surface area contributed by atoms with Gasteiger partial charge in [-0.3, -0.25) is 0 Å². The lowest BCUT2D eigenvalue weighted by Gasteiger charge is -2.56. The van der Waals surface area contributed by atoms with Crippen molar-refractivity contribution < 1.29 is 4.74 Å². The molecule has 2 N–H and O–H groups in total. The Balaban J connectivity index is 1.19. The van der Waals surface area contributed by atoms with Crippen LogP contribution in [0.2, 0.25) is 0 Å². The maximum atomic E-state index is 6.33. The van der Waals surface area contributed by atoms with E-state index in [0.717, 1.165) is 73.4 Å². The van der Waals surface area contributed by atoms with Crippen molar-refractivity contribution in [2.24, 2.45) is 17.3 Å². The van der Waals surface area contributed by atoms with Gasteiger partial charge in [-0.25, -0.2) is 4.98 Å². The average molecular weight is 485 g/mol. The molecule has 3 aliphatic carbocycles. The monoisotopic (exact) mass is 484 g/mol. The van der Waals surface area contributed by atoms with Gasteiger partial charge in [-0.1, -0.05) is 49.8 Å². The van der Waals surface area contributed by atoms with E-state index < -0.39 is 0 Å². The second kappa shape index (κ2) is 9.68. The Morgan fingerprint density at radius 1 is 1.14 bits per heavy atom. The minimum atomic E-state index is 0.00289. The number of benzene rings is 2. The summed E-state index contributed by atoms with van der Waals surface area (Å²) in [5.41, 5.74) is 5.38. The maximum absolute atomic E-state index is 6.33. The van der Waals surface area contributed by atoms with E-state index in [1.165, 1.54) is 18.4 Å². The van der Waals surface area contributed by atoms with Crippen LogP contribution in [-0.4, -0.2) is 47.7 Å². The van der Waals surface area contributed by atoms with Gasteiger partial charge < -0.3 is 19.9 Å². The number of H-pyrrole nitrogens is 1. The van der Waals surface area contributed by atoms with E-state index in [9.17, 15) is 0 Å². The molecule has 1 aliphatic heterocycles. The van der Waals surface area contributed by atoms with Gasteiger partial charge in [0.25, 0.3) is 0 Å². The highest BCUT2D eigenvalue weighted by Gasteiger charge is 2.50. The highest BCUT2D eigenvalue weighted by molar-refractivity contribution is 5.75. The molecular formula is C31H40N4O. The van der Waals surface area contributed by atoms with E-state index in [4.69, 9.17) is 9.72 Å². The number of likely N-dealkylation sites (tertiary alicyclic amines) is 1. The van der Waals surface area contributed by atoms with E-state index in [0.29, 0.717) is 11.5 Å². The molecule has 2 bridgehead atoms. The van der Waals surface area contributed by atoms with Crippen LogP contribution in [0, 0.1) is 17.3 Å². The second-order valence-corrected chi connectivity index (χ2v) is 11.8. The number of allylic oxidation sites excluding steroid dienone is 1. The SMILES string of the molecule is CN1CCC(NC(c2cccc(OCCC3=CCC4CC3C4(C)C)c2)c2nc3ccccc3[nH]2)CC1. The number of imidazole rings is 1. The van der Waals surface area contributed by atoms with Crippen LogP contribution < -0.4 is 10.1 Å². The summed E-state index contributed by atoms with van der Waals surface area (Å²) < 4.78 is 6.33. The van der Waals surface area contributed by atoms with Crippen molar-refractivity contribution in [3.05, 3.63) is 71.6 Å². The lowest BCUT2D eigenvalue weighted by Crippen LogP contribution is -2.48. The Morgan fingerprint density at radius 3 is 2.75 bits per heavy atom. The molecule has 1 saturated carbocycles. The Kier molecular flexibility index (Phi) is 6.38. The molecule has 3 aromatic rings. The third-order valence-corrected chi connectivity index (χ3v) is 9.24. The molecule has 3 atom stereocenters. The van der Waals surface area contributed by atoms with E-state index >= 15 is 0 Å². The molecule has 1 saturated heterocycles. The first-order valence-corrected chi connectivity index (χ1v) is 13.8. The lowest BCUT2D eigenvalue weighted by atomic mass is 9.48. The molecule has 5 nitrogen and oxygen atoms in total. The fourth-order valence-corrected chi connectivity index (χ4v) is 6.68. The minimum absolute atomic E-state index is 0.00289. The van der Waals surface area contributed by atoms with Gasteiger partial charge in [0.05, 0.1) is 23.7 Å². The first-order chi connectivity index (χ1) is 17.5. The van der Waals surface area contributed by atoms with Crippen LogP contribution in [0.15, 0.2) is 60.2 Å². The highest BCUT2D eigenvalue weighted by atomic mass is 16.5. The molecule has 0 radical (unpaired) electrons. The summed E-state index contributed by atoms with van der Waals surface area (Å²) in [6.07, 6.45) is 8.44. The van der Waals surface area contributed by atoms with Gasteiger partial charge in [0.2, 0.25) is 0 Å². The molecule has 2 heterocycles. The number of nitrogens with zero attached hydrogens (tertiary/aromatic N) is 2. The van der Waals surface area contributed by atoms with E-state index in [2.05, 4.69) is 84.6 Å². The molecule has 5 heteroatoms. The Bertz CT molecular complexity index is 1200. The number of hydrogen-bond acceptors (Lipinski definition) is 4. The Hall–Kier alpha value is -2.63. The smallest absolute Gasteiger partial charge is 0.129 e. The van der Waals surface area contributed by atoms with Crippen molar-refractivity contribution >= 4 is 11.0 Å². The Morgan fingerprint density at radius 2 is 1.97 bits per heavy atom. The van der Waals surface area contributed by atoms with Crippen LogP contribution in [0.5, 0.6) is 5.75 Å². The number of aromatic amines is 1. The van der Waals surface area contributed by atoms with Crippen LogP contribution >= 0.6 is 0 Å². The minimum Gasteiger partial charge on any atom is -0.493 e.